The van der Waals surface area contributed by atoms with E-state index in [-0.39, 0.29) is 23.1 Å². The van der Waals surface area contributed by atoms with Gasteiger partial charge in [0, 0.05) is 30.1 Å². The lowest BCUT2D eigenvalue weighted by atomic mass is 10.1. The van der Waals surface area contributed by atoms with Gasteiger partial charge in [0.25, 0.3) is 5.56 Å². The number of halogens is 1. The highest BCUT2D eigenvalue weighted by atomic mass is 19.1. The summed E-state index contributed by atoms with van der Waals surface area (Å²) in [6.07, 6.45) is 6.45. The van der Waals surface area contributed by atoms with Crippen LogP contribution in [0.4, 0.5) is 4.39 Å². The van der Waals surface area contributed by atoms with Crippen molar-refractivity contribution in [1.82, 2.24) is 24.1 Å². The van der Waals surface area contributed by atoms with Gasteiger partial charge in [-0.2, -0.15) is 5.10 Å². The van der Waals surface area contributed by atoms with Gasteiger partial charge in [-0.3, -0.25) is 9.78 Å². The molecule has 0 radical (unpaired) electrons. The van der Waals surface area contributed by atoms with E-state index in [1.165, 1.54) is 16.9 Å². The zero-order valence-corrected chi connectivity index (χ0v) is 12.6. The summed E-state index contributed by atoms with van der Waals surface area (Å²) in [6.45, 7) is 0. The van der Waals surface area contributed by atoms with Crippen molar-refractivity contribution in [3.05, 3.63) is 59.2 Å². The summed E-state index contributed by atoms with van der Waals surface area (Å²) in [7, 11) is 0. The van der Waals surface area contributed by atoms with Gasteiger partial charge in [0.15, 0.2) is 0 Å². The molecule has 0 saturated heterocycles. The predicted molar refractivity (Wildman–Crippen MR) is 86.2 cm³/mol. The Kier molecular flexibility index (Phi) is 2.62. The number of hydrogen-bond donors (Lipinski definition) is 0. The molecule has 1 aromatic carbocycles. The molecule has 0 bridgehead atoms. The first-order chi connectivity index (χ1) is 11.7. The van der Waals surface area contributed by atoms with Gasteiger partial charge in [-0.05, 0) is 36.6 Å². The van der Waals surface area contributed by atoms with Gasteiger partial charge in [0.05, 0.1) is 11.0 Å². The molecule has 6 nitrogen and oxygen atoms in total. The molecule has 1 saturated carbocycles. The van der Waals surface area contributed by atoms with Crippen LogP contribution in [0.5, 0.6) is 0 Å². The third-order valence-electron chi connectivity index (χ3n) is 4.41. The first-order valence-corrected chi connectivity index (χ1v) is 7.72. The van der Waals surface area contributed by atoms with Crippen molar-refractivity contribution in [3.8, 4) is 11.1 Å². The maximum Gasteiger partial charge on any atom is 0.296 e. The Morgan fingerprint density at radius 3 is 2.67 bits per heavy atom. The van der Waals surface area contributed by atoms with Crippen LogP contribution in [0.3, 0.4) is 0 Å². The van der Waals surface area contributed by atoms with Crippen LogP contribution in [0.25, 0.3) is 27.8 Å². The molecule has 0 atom stereocenters. The highest BCUT2D eigenvalue weighted by Gasteiger charge is 2.28. The Morgan fingerprint density at radius 2 is 1.92 bits per heavy atom. The molecule has 3 heterocycles. The second kappa shape index (κ2) is 4.70. The normalized spacial score (nSPS) is 14.5. The molecule has 0 aliphatic heterocycles. The van der Waals surface area contributed by atoms with Gasteiger partial charge in [-0.25, -0.2) is 13.9 Å². The number of aromatic nitrogens is 5. The van der Waals surface area contributed by atoms with Crippen molar-refractivity contribution in [2.75, 3.05) is 0 Å². The molecule has 1 aliphatic rings. The smallest absolute Gasteiger partial charge is 0.296 e. The van der Waals surface area contributed by atoms with E-state index in [0.717, 1.165) is 18.4 Å². The fourth-order valence-corrected chi connectivity index (χ4v) is 3.14. The van der Waals surface area contributed by atoms with Crippen molar-refractivity contribution in [3.63, 3.8) is 0 Å². The first kappa shape index (κ1) is 13.4. The van der Waals surface area contributed by atoms with E-state index in [1.807, 2.05) is 0 Å². The standard InChI is InChI=1S/C17H12FN5O/c18-13-8-15-14(7-12(13)10-3-5-19-6-4-10)22(11-1-2-11)17(24)16-20-9-21-23(15)16/h3-9,11H,1-2H2. The molecule has 1 fully saturated rings. The zero-order chi connectivity index (χ0) is 16.3. The molecule has 0 amide bonds. The maximum absolute atomic E-state index is 14.7. The van der Waals surface area contributed by atoms with E-state index in [4.69, 9.17) is 0 Å². The number of nitrogens with zero attached hydrogens (tertiary/aromatic N) is 5. The number of benzene rings is 1. The fraction of sp³-hybridized carbons (Fsp3) is 0.176. The summed E-state index contributed by atoms with van der Waals surface area (Å²) in [4.78, 5) is 20.8. The number of fused-ring (bicyclic) bond motifs is 3. The molecule has 0 unspecified atom stereocenters. The molecule has 4 aromatic rings. The molecule has 5 rings (SSSR count). The zero-order valence-electron chi connectivity index (χ0n) is 12.6. The molecular weight excluding hydrogens is 309 g/mol. The van der Waals surface area contributed by atoms with Crippen LogP contribution in [-0.2, 0) is 0 Å². The largest absolute Gasteiger partial charge is 0.300 e. The lowest BCUT2D eigenvalue weighted by Gasteiger charge is -2.13. The average molecular weight is 321 g/mol. The highest BCUT2D eigenvalue weighted by Crippen LogP contribution is 2.37. The van der Waals surface area contributed by atoms with Crippen molar-refractivity contribution in [2.24, 2.45) is 0 Å². The summed E-state index contributed by atoms with van der Waals surface area (Å²) in [5.74, 6) is -0.369. The topological polar surface area (TPSA) is 65.1 Å². The van der Waals surface area contributed by atoms with Crippen LogP contribution >= 0.6 is 0 Å². The van der Waals surface area contributed by atoms with Crippen LogP contribution in [0.2, 0.25) is 0 Å². The summed E-state index contributed by atoms with van der Waals surface area (Å²) in [5, 5.41) is 4.09. The van der Waals surface area contributed by atoms with Crippen molar-refractivity contribution in [2.45, 2.75) is 18.9 Å². The minimum atomic E-state index is -0.369. The van der Waals surface area contributed by atoms with Crippen LogP contribution in [0, 0.1) is 5.82 Å². The van der Waals surface area contributed by atoms with Crippen LogP contribution in [-0.4, -0.2) is 24.1 Å². The molecule has 0 spiro atoms. The van der Waals surface area contributed by atoms with E-state index >= 15 is 0 Å². The third-order valence-corrected chi connectivity index (χ3v) is 4.41. The van der Waals surface area contributed by atoms with Crippen LogP contribution < -0.4 is 5.56 Å². The molecule has 0 N–H and O–H groups in total. The minimum absolute atomic E-state index is 0.150. The highest BCUT2D eigenvalue weighted by molar-refractivity contribution is 5.84. The monoisotopic (exact) mass is 321 g/mol. The summed E-state index contributed by atoms with van der Waals surface area (Å²) in [6, 6.07) is 6.79. The average Bonchev–Trinajstić information content (AvgIpc) is 3.30. The summed E-state index contributed by atoms with van der Waals surface area (Å²) >= 11 is 0. The van der Waals surface area contributed by atoms with E-state index in [9.17, 15) is 9.18 Å². The Balaban J connectivity index is 1.94. The SMILES string of the molecule is O=c1c2ncnn2c2cc(F)c(-c3ccncc3)cc2n1C1CC1. The quantitative estimate of drug-likeness (QED) is 0.569. The van der Waals surface area contributed by atoms with Gasteiger partial charge in [0.2, 0.25) is 5.65 Å². The van der Waals surface area contributed by atoms with Gasteiger partial charge in [0.1, 0.15) is 12.1 Å². The van der Waals surface area contributed by atoms with E-state index in [1.54, 1.807) is 35.2 Å². The van der Waals surface area contributed by atoms with E-state index < -0.39 is 0 Å². The number of pyridine rings is 1. The first-order valence-electron chi connectivity index (χ1n) is 7.72. The second-order valence-electron chi connectivity index (χ2n) is 5.96. The van der Waals surface area contributed by atoms with Crippen molar-refractivity contribution < 1.29 is 4.39 Å². The van der Waals surface area contributed by atoms with E-state index in [2.05, 4.69) is 15.1 Å². The summed E-state index contributed by atoms with van der Waals surface area (Å²) < 4.78 is 17.9. The van der Waals surface area contributed by atoms with Crippen molar-refractivity contribution >= 4 is 16.7 Å². The maximum atomic E-state index is 14.7. The Morgan fingerprint density at radius 1 is 1.12 bits per heavy atom. The molecule has 3 aromatic heterocycles. The third kappa shape index (κ3) is 1.81. The Hall–Kier alpha value is -3.09. The fourth-order valence-electron chi connectivity index (χ4n) is 3.14. The molecule has 1 aliphatic carbocycles. The predicted octanol–water partition coefficient (Wildman–Crippen LogP) is 2.58. The Bertz CT molecular complexity index is 1140. The minimum Gasteiger partial charge on any atom is -0.300 e. The lowest BCUT2D eigenvalue weighted by Crippen LogP contribution is -2.23. The molecule has 118 valence electrons. The van der Waals surface area contributed by atoms with Gasteiger partial charge in [-0.1, -0.05) is 0 Å². The van der Waals surface area contributed by atoms with Gasteiger partial charge >= 0.3 is 0 Å². The second-order valence-corrected chi connectivity index (χ2v) is 5.96. The van der Waals surface area contributed by atoms with Crippen LogP contribution in [0.1, 0.15) is 18.9 Å². The Labute approximate surface area is 135 Å². The van der Waals surface area contributed by atoms with Crippen LogP contribution in [0.15, 0.2) is 47.8 Å². The molecule has 7 heteroatoms. The van der Waals surface area contributed by atoms with Crippen molar-refractivity contribution in [1.29, 1.82) is 0 Å². The van der Waals surface area contributed by atoms with Gasteiger partial charge < -0.3 is 4.57 Å². The summed E-state index contributed by atoms with van der Waals surface area (Å²) in [5.41, 5.74) is 2.43. The molecular formula is C17H12FN5O. The molecule has 24 heavy (non-hydrogen) atoms. The number of rotatable bonds is 2. The lowest BCUT2D eigenvalue weighted by molar-refractivity contribution is 0.631. The van der Waals surface area contributed by atoms with Gasteiger partial charge in [-0.15, -0.1) is 0 Å². The van der Waals surface area contributed by atoms with E-state index in [0.29, 0.717) is 16.6 Å². The number of hydrogen-bond acceptors (Lipinski definition) is 4.